The van der Waals surface area contributed by atoms with Crippen LogP contribution in [0.15, 0.2) is 72.8 Å². The van der Waals surface area contributed by atoms with Gasteiger partial charge in [-0.15, -0.1) is 0 Å². The fraction of sp³-hybridized carbons (Fsp3) is 0.321. The van der Waals surface area contributed by atoms with Gasteiger partial charge in [0.05, 0.1) is 0 Å². The topological polar surface area (TPSA) is 53.6 Å². The molecule has 0 spiro atoms. The second-order valence-corrected chi connectivity index (χ2v) is 9.24. The van der Waals surface area contributed by atoms with Crippen LogP contribution in [-0.2, 0) is 12.8 Å². The SMILES string of the molecule is CC(CN(C)C)C1CCc2cc(NC(=O)Nc3ccc(Oc4ccccc4)cc3)ccc2C1. The molecule has 5 nitrogen and oxygen atoms in total. The summed E-state index contributed by atoms with van der Waals surface area (Å²) in [5.41, 5.74) is 4.30. The Morgan fingerprint density at radius 1 is 0.939 bits per heavy atom. The lowest BCUT2D eigenvalue weighted by molar-refractivity contribution is 0.244. The quantitative estimate of drug-likeness (QED) is 0.443. The summed E-state index contributed by atoms with van der Waals surface area (Å²) in [5.74, 6) is 2.90. The Morgan fingerprint density at radius 2 is 1.61 bits per heavy atom. The maximum absolute atomic E-state index is 12.5. The third-order valence-corrected chi connectivity index (χ3v) is 6.28. The van der Waals surface area contributed by atoms with Crippen molar-refractivity contribution in [3.63, 3.8) is 0 Å². The number of amides is 2. The van der Waals surface area contributed by atoms with Crippen LogP contribution in [0, 0.1) is 11.8 Å². The molecule has 0 bridgehead atoms. The Bertz CT molecular complexity index is 1060. The monoisotopic (exact) mass is 443 g/mol. The number of carbonyl (C=O) groups excluding carboxylic acids is 1. The molecule has 4 rings (SSSR count). The van der Waals surface area contributed by atoms with E-state index in [0.717, 1.165) is 42.5 Å². The van der Waals surface area contributed by atoms with E-state index in [0.29, 0.717) is 11.6 Å². The molecule has 0 fully saturated rings. The smallest absolute Gasteiger partial charge is 0.323 e. The molecule has 1 aliphatic carbocycles. The van der Waals surface area contributed by atoms with Crippen molar-refractivity contribution in [3.8, 4) is 11.5 Å². The van der Waals surface area contributed by atoms with Crippen LogP contribution < -0.4 is 15.4 Å². The minimum absolute atomic E-state index is 0.250. The molecule has 2 N–H and O–H groups in total. The minimum atomic E-state index is -0.250. The van der Waals surface area contributed by atoms with Crippen LogP contribution in [0.2, 0.25) is 0 Å². The van der Waals surface area contributed by atoms with Crippen molar-refractivity contribution < 1.29 is 9.53 Å². The van der Waals surface area contributed by atoms with Gasteiger partial charge in [-0.1, -0.05) is 31.2 Å². The van der Waals surface area contributed by atoms with Crippen LogP contribution >= 0.6 is 0 Å². The van der Waals surface area contributed by atoms with Crippen molar-refractivity contribution in [2.75, 3.05) is 31.3 Å². The number of hydrogen-bond acceptors (Lipinski definition) is 3. The fourth-order valence-corrected chi connectivity index (χ4v) is 4.60. The van der Waals surface area contributed by atoms with Crippen LogP contribution in [0.1, 0.15) is 24.5 Å². The maximum Gasteiger partial charge on any atom is 0.323 e. The predicted octanol–water partition coefficient (Wildman–Crippen LogP) is 6.43. The number of urea groups is 1. The molecule has 172 valence electrons. The summed E-state index contributed by atoms with van der Waals surface area (Å²) in [7, 11) is 4.28. The first kappa shape index (κ1) is 22.9. The molecule has 2 atom stereocenters. The number of hydrogen-bond donors (Lipinski definition) is 2. The lowest BCUT2D eigenvalue weighted by Crippen LogP contribution is -2.29. The zero-order valence-corrected chi connectivity index (χ0v) is 19.7. The van der Waals surface area contributed by atoms with Crippen LogP contribution in [0.4, 0.5) is 16.2 Å². The zero-order chi connectivity index (χ0) is 23.2. The molecule has 0 aromatic heterocycles. The van der Waals surface area contributed by atoms with Gasteiger partial charge in [0.15, 0.2) is 0 Å². The second kappa shape index (κ2) is 10.5. The van der Waals surface area contributed by atoms with Crippen molar-refractivity contribution in [1.82, 2.24) is 4.90 Å². The first-order chi connectivity index (χ1) is 16.0. The number of carbonyl (C=O) groups is 1. The second-order valence-electron chi connectivity index (χ2n) is 9.24. The Labute approximate surface area is 196 Å². The Kier molecular flexibility index (Phi) is 7.30. The predicted molar refractivity (Wildman–Crippen MR) is 135 cm³/mol. The van der Waals surface area contributed by atoms with Gasteiger partial charge in [0, 0.05) is 17.9 Å². The molecule has 33 heavy (non-hydrogen) atoms. The summed E-state index contributed by atoms with van der Waals surface area (Å²) in [6.45, 7) is 3.48. The van der Waals surface area contributed by atoms with Crippen molar-refractivity contribution >= 4 is 17.4 Å². The number of para-hydroxylation sites is 1. The summed E-state index contributed by atoms with van der Waals surface area (Å²) in [5, 5.41) is 5.86. The molecule has 2 amide bonds. The van der Waals surface area contributed by atoms with Gasteiger partial charge in [-0.2, -0.15) is 0 Å². The number of rotatable bonds is 7. The van der Waals surface area contributed by atoms with E-state index in [1.54, 1.807) is 0 Å². The molecule has 0 saturated heterocycles. The molecule has 1 aliphatic rings. The van der Waals surface area contributed by atoms with Gasteiger partial charge < -0.3 is 20.3 Å². The summed E-state index contributed by atoms with van der Waals surface area (Å²) < 4.78 is 5.80. The van der Waals surface area contributed by atoms with Gasteiger partial charge >= 0.3 is 6.03 Å². The Balaban J connectivity index is 1.31. The van der Waals surface area contributed by atoms with E-state index in [4.69, 9.17) is 4.74 Å². The number of ether oxygens (including phenoxy) is 1. The van der Waals surface area contributed by atoms with Gasteiger partial charge in [-0.05, 0) is 105 Å². The van der Waals surface area contributed by atoms with Crippen molar-refractivity contribution in [3.05, 3.63) is 83.9 Å². The van der Waals surface area contributed by atoms with E-state index in [9.17, 15) is 4.79 Å². The Hall–Kier alpha value is -3.31. The van der Waals surface area contributed by atoms with E-state index in [2.05, 4.69) is 48.7 Å². The summed E-state index contributed by atoms with van der Waals surface area (Å²) in [6.07, 6.45) is 3.39. The highest BCUT2D eigenvalue weighted by Crippen LogP contribution is 2.32. The zero-order valence-electron chi connectivity index (χ0n) is 19.7. The molecule has 3 aromatic rings. The fourth-order valence-electron chi connectivity index (χ4n) is 4.60. The van der Waals surface area contributed by atoms with Gasteiger partial charge in [-0.3, -0.25) is 0 Å². The highest BCUT2D eigenvalue weighted by atomic mass is 16.5. The van der Waals surface area contributed by atoms with E-state index in [-0.39, 0.29) is 6.03 Å². The van der Waals surface area contributed by atoms with E-state index < -0.39 is 0 Å². The number of nitrogens with one attached hydrogen (secondary N) is 2. The average molecular weight is 444 g/mol. The number of fused-ring (bicyclic) bond motifs is 1. The summed E-state index contributed by atoms with van der Waals surface area (Å²) >= 11 is 0. The maximum atomic E-state index is 12.5. The van der Waals surface area contributed by atoms with Gasteiger partial charge in [-0.25, -0.2) is 4.79 Å². The third kappa shape index (κ3) is 6.36. The first-order valence-electron chi connectivity index (χ1n) is 11.6. The van der Waals surface area contributed by atoms with E-state index in [1.165, 1.54) is 17.5 Å². The van der Waals surface area contributed by atoms with E-state index in [1.807, 2.05) is 60.7 Å². The number of aryl methyl sites for hydroxylation is 1. The lowest BCUT2D eigenvalue weighted by atomic mass is 9.77. The highest BCUT2D eigenvalue weighted by Gasteiger charge is 2.24. The van der Waals surface area contributed by atoms with Crippen molar-refractivity contribution in [2.24, 2.45) is 11.8 Å². The molecule has 3 aromatic carbocycles. The normalized spacial score (nSPS) is 16.1. The molecule has 0 radical (unpaired) electrons. The van der Waals surface area contributed by atoms with Crippen molar-refractivity contribution in [1.29, 1.82) is 0 Å². The number of nitrogens with zero attached hydrogens (tertiary/aromatic N) is 1. The van der Waals surface area contributed by atoms with Gasteiger partial charge in [0.1, 0.15) is 11.5 Å². The van der Waals surface area contributed by atoms with Crippen LogP contribution in [0.3, 0.4) is 0 Å². The van der Waals surface area contributed by atoms with Crippen LogP contribution in [-0.4, -0.2) is 31.6 Å². The largest absolute Gasteiger partial charge is 0.457 e. The molecular weight excluding hydrogens is 410 g/mol. The summed E-state index contributed by atoms with van der Waals surface area (Å²) in [6, 6.07) is 23.0. The molecule has 5 heteroatoms. The number of anilines is 2. The molecule has 0 heterocycles. The Morgan fingerprint density at radius 3 is 2.33 bits per heavy atom. The van der Waals surface area contributed by atoms with E-state index >= 15 is 0 Å². The minimum Gasteiger partial charge on any atom is -0.457 e. The highest BCUT2D eigenvalue weighted by molar-refractivity contribution is 5.99. The van der Waals surface area contributed by atoms with Crippen LogP contribution in [0.25, 0.3) is 0 Å². The van der Waals surface area contributed by atoms with Crippen LogP contribution in [0.5, 0.6) is 11.5 Å². The molecule has 2 unspecified atom stereocenters. The average Bonchev–Trinajstić information content (AvgIpc) is 2.80. The standard InChI is InChI=1S/C28H33N3O2/c1-20(19-31(2)3)21-9-10-23-18-25(12-11-22(23)17-21)30-28(32)29-24-13-15-27(16-14-24)33-26-7-5-4-6-8-26/h4-8,11-16,18,20-21H,9-10,17,19H2,1-3H3,(H2,29,30,32). The molecular formula is C28H33N3O2. The first-order valence-corrected chi connectivity index (χ1v) is 11.6. The van der Waals surface area contributed by atoms with Gasteiger partial charge in [0.25, 0.3) is 0 Å². The molecule has 0 aliphatic heterocycles. The van der Waals surface area contributed by atoms with Crippen molar-refractivity contribution in [2.45, 2.75) is 26.2 Å². The number of benzene rings is 3. The lowest BCUT2D eigenvalue weighted by Gasteiger charge is -2.31. The van der Waals surface area contributed by atoms with Gasteiger partial charge in [0.2, 0.25) is 0 Å². The molecule has 0 saturated carbocycles. The third-order valence-electron chi connectivity index (χ3n) is 6.28. The summed E-state index contributed by atoms with van der Waals surface area (Å²) in [4.78, 5) is 14.8.